The minimum Gasteiger partial charge on any atom is -0.481 e. The molecule has 0 aromatic heterocycles. The highest BCUT2D eigenvalue weighted by Gasteiger charge is 2.28. The Morgan fingerprint density at radius 1 is 0.829 bits per heavy atom. The van der Waals surface area contributed by atoms with Crippen LogP contribution in [0.1, 0.15) is 47.7 Å². The molecule has 0 aliphatic rings. The van der Waals surface area contributed by atoms with Crippen molar-refractivity contribution in [1.29, 1.82) is 0 Å². The van der Waals surface area contributed by atoms with E-state index in [2.05, 4.69) is 36.1 Å². The molecule has 4 heteroatoms. The van der Waals surface area contributed by atoms with Crippen LogP contribution in [0, 0.1) is 12.7 Å². The lowest BCUT2D eigenvalue weighted by atomic mass is 9.93. The van der Waals surface area contributed by atoms with Crippen LogP contribution in [-0.2, 0) is 11.3 Å². The van der Waals surface area contributed by atoms with Crippen LogP contribution < -0.4 is 0 Å². The summed E-state index contributed by atoms with van der Waals surface area (Å²) in [7, 11) is 0. The van der Waals surface area contributed by atoms with Crippen molar-refractivity contribution < 1.29 is 14.3 Å². The molecule has 4 aromatic rings. The summed E-state index contributed by atoms with van der Waals surface area (Å²) in [5.74, 6) is -1.09. The second-order valence-electron chi connectivity index (χ2n) is 8.95. The zero-order valence-electron chi connectivity index (χ0n) is 20.1. The molecule has 35 heavy (non-hydrogen) atoms. The van der Waals surface area contributed by atoms with Gasteiger partial charge in [0.2, 0.25) is 0 Å². The molecule has 0 saturated carbocycles. The maximum atomic E-state index is 13.9. The maximum Gasteiger partial charge on any atom is 0.305 e. The van der Waals surface area contributed by atoms with E-state index in [4.69, 9.17) is 0 Å². The lowest BCUT2D eigenvalue weighted by Gasteiger charge is -2.37. The molecule has 0 saturated heterocycles. The summed E-state index contributed by atoms with van der Waals surface area (Å²) in [6.45, 7) is 4.48. The monoisotopic (exact) mass is 467 g/mol. The quantitative estimate of drug-likeness (QED) is 0.276. The number of aryl methyl sites for hydroxylation is 1. The molecule has 0 heterocycles. The third-order valence-corrected chi connectivity index (χ3v) is 6.52. The molecule has 0 spiro atoms. The van der Waals surface area contributed by atoms with Gasteiger partial charge in [0.05, 0.1) is 6.42 Å². The van der Waals surface area contributed by atoms with Crippen LogP contribution in [0.2, 0.25) is 0 Å². The highest BCUT2D eigenvalue weighted by molar-refractivity contribution is 5.69. The zero-order valence-corrected chi connectivity index (χ0v) is 20.1. The third-order valence-electron chi connectivity index (χ3n) is 6.52. The Balaban J connectivity index is 1.78. The third kappa shape index (κ3) is 6.03. The number of hydrogen-bond acceptors (Lipinski definition) is 2. The standard InChI is InChI=1S/C31H30FNO2/c1-22-18-27(16-17-29(22)32)26-14-9-15-28(19-26)30(20-31(34)35)33(21-24-10-5-3-6-11-24)23(2)25-12-7-4-8-13-25/h3-19,23,30H,20-21H2,1-2H3,(H,34,35). The molecule has 4 rings (SSSR count). The Kier molecular flexibility index (Phi) is 7.74. The van der Waals surface area contributed by atoms with Gasteiger partial charge in [-0.2, -0.15) is 0 Å². The Morgan fingerprint density at radius 2 is 1.46 bits per heavy atom. The molecule has 0 aliphatic carbocycles. The summed E-state index contributed by atoms with van der Waals surface area (Å²) in [5, 5.41) is 9.90. The van der Waals surface area contributed by atoms with E-state index in [1.165, 1.54) is 6.07 Å². The van der Waals surface area contributed by atoms with Crippen LogP contribution in [0.4, 0.5) is 4.39 Å². The van der Waals surface area contributed by atoms with E-state index in [9.17, 15) is 14.3 Å². The number of aliphatic carboxylic acids is 1. The molecule has 2 atom stereocenters. The van der Waals surface area contributed by atoms with Gasteiger partial charge in [-0.05, 0) is 65.4 Å². The van der Waals surface area contributed by atoms with Gasteiger partial charge in [0, 0.05) is 18.6 Å². The van der Waals surface area contributed by atoms with Crippen molar-refractivity contribution in [1.82, 2.24) is 4.90 Å². The average molecular weight is 468 g/mol. The molecule has 0 bridgehead atoms. The first-order valence-electron chi connectivity index (χ1n) is 11.9. The van der Waals surface area contributed by atoms with Gasteiger partial charge < -0.3 is 5.11 Å². The first-order valence-corrected chi connectivity index (χ1v) is 11.9. The van der Waals surface area contributed by atoms with Gasteiger partial charge in [0.1, 0.15) is 5.82 Å². The van der Waals surface area contributed by atoms with Gasteiger partial charge in [-0.25, -0.2) is 4.39 Å². The summed E-state index contributed by atoms with van der Waals surface area (Å²) in [6.07, 6.45) is -0.0318. The Morgan fingerprint density at radius 3 is 2.11 bits per heavy atom. The van der Waals surface area contributed by atoms with E-state index in [0.29, 0.717) is 12.1 Å². The first kappa shape index (κ1) is 24.4. The Bertz CT molecular complexity index is 1270. The molecule has 4 aromatic carbocycles. The van der Waals surface area contributed by atoms with Crippen molar-refractivity contribution in [3.63, 3.8) is 0 Å². The van der Waals surface area contributed by atoms with E-state index in [0.717, 1.165) is 27.8 Å². The van der Waals surface area contributed by atoms with E-state index < -0.39 is 5.97 Å². The number of halogens is 1. The van der Waals surface area contributed by atoms with E-state index in [1.54, 1.807) is 13.0 Å². The molecule has 0 amide bonds. The van der Waals surface area contributed by atoms with Crippen molar-refractivity contribution in [2.24, 2.45) is 0 Å². The fraction of sp³-hybridized carbons (Fsp3) is 0.194. The predicted molar refractivity (Wildman–Crippen MR) is 138 cm³/mol. The lowest BCUT2D eigenvalue weighted by molar-refractivity contribution is -0.138. The van der Waals surface area contributed by atoms with Crippen molar-refractivity contribution in [2.45, 2.75) is 38.9 Å². The fourth-order valence-electron chi connectivity index (χ4n) is 4.58. The zero-order chi connectivity index (χ0) is 24.8. The molecule has 0 radical (unpaired) electrons. The van der Waals surface area contributed by atoms with Gasteiger partial charge in [-0.3, -0.25) is 9.69 Å². The van der Waals surface area contributed by atoms with E-state index in [1.807, 2.05) is 66.7 Å². The van der Waals surface area contributed by atoms with Crippen LogP contribution in [0.25, 0.3) is 11.1 Å². The van der Waals surface area contributed by atoms with E-state index in [-0.39, 0.29) is 24.3 Å². The van der Waals surface area contributed by atoms with Gasteiger partial charge in [0.15, 0.2) is 0 Å². The SMILES string of the molecule is Cc1cc(-c2cccc(C(CC(=O)O)N(Cc3ccccc3)C(C)c3ccccc3)c2)ccc1F. The number of carboxylic acids is 1. The fourth-order valence-corrected chi connectivity index (χ4v) is 4.58. The number of carboxylic acid groups (broad SMARTS) is 1. The van der Waals surface area contributed by atoms with E-state index >= 15 is 0 Å². The smallest absolute Gasteiger partial charge is 0.305 e. The molecule has 0 fully saturated rings. The topological polar surface area (TPSA) is 40.5 Å². The summed E-state index contributed by atoms with van der Waals surface area (Å²) in [5.41, 5.74) is 5.60. The highest BCUT2D eigenvalue weighted by Crippen LogP contribution is 2.36. The highest BCUT2D eigenvalue weighted by atomic mass is 19.1. The lowest BCUT2D eigenvalue weighted by Crippen LogP contribution is -2.32. The van der Waals surface area contributed by atoms with Crippen LogP contribution in [0.3, 0.4) is 0 Å². The van der Waals surface area contributed by atoms with Gasteiger partial charge in [-0.1, -0.05) is 84.9 Å². The molecule has 2 unspecified atom stereocenters. The number of benzene rings is 4. The van der Waals surface area contributed by atoms with Crippen LogP contribution >= 0.6 is 0 Å². The second kappa shape index (κ2) is 11.1. The van der Waals surface area contributed by atoms with Crippen LogP contribution in [0.15, 0.2) is 103 Å². The largest absolute Gasteiger partial charge is 0.481 e. The van der Waals surface area contributed by atoms with Gasteiger partial charge in [0.25, 0.3) is 0 Å². The van der Waals surface area contributed by atoms with Crippen molar-refractivity contribution in [3.8, 4) is 11.1 Å². The maximum absolute atomic E-state index is 13.9. The predicted octanol–water partition coefficient (Wildman–Crippen LogP) is 7.58. The van der Waals surface area contributed by atoms with Crippen LogP contribution in [0.5, 0.6) is 0 Å². The average Bonchev–Trinajstić information content (AvgIpc) is 2.88. The van der Waals surface area contributed by atoms with Crippen LogP contribution in [-0.4, -0.2) is 16.0 Å². The summed E-state index contributed by atoms with van der Waals surface area (Å²) < 4.78 is 13.9. The van der Waals surface area contributed by atoms with Crippen molar-refractivity contribution in [2.75, 3.05) is 0 Å². The molecule has 3 nitrogen and oxygen atoms in total. The molecule has 178 valence electrons. The molecule has 1 N–H and O–H groups in total. The van der Waals surface area contributed by atoms with Crippen molar-refractivity contribution in [3.05, 3.63) is 131 Å². The second-order valence-corrected chi connectivity index (χ2v) is 8.95. The van der Waals surface area contributed by atoms with Crippen molar-refractivity contribution >= 4 is 5.97 Å². The summed E-state index contributed by atoms with van der Waals surface area (Å²) in [4.78, 5) is 14.3. The Hall–Kier alpha value is -3.76. The molecular weight excluding hydrogens is 437 g/mol. The molecular formula is C31H30FNO2. The number of hydrogen-bond donors (Lipinski definition) is 1. The number of carbonyl (C=O) groups is 1. The minimum absolute atomic E-state index is 0.0162. The Labute approximate surface area is 206 Å². The number of nitrogens with zero attached hydrogens (tertiary/aromatic N) is 1. The first-order chi connectivity index (χ1) is 16.9. The number of rotatable bonds is 9. The molecule has 0 aliphatic heterocycles. The summed E-state index contributed by atoms with van der Waals surface area (Å²) >= 11 is 0. The summed E-state index contributed by atoms with van der Waals surface area (Å²) in [6, 6.07) is 33.0. The minimum atomic E-state index is -0.851. The van der Waals surface area contributed by atoms with Gasteiger partial charge >= 0.3 is 5.97 Å². The van der Waals surface area contributed by atoms with Gasteiger partial charge in [-0.15, -0.1) is 0 Å². The normalized spacial score (nSPS) is 12.9.